The number of para-hydroxylation sites is 1. The number of aryl methyl sites for hydroxylation is 1. The molecule has 3 aromatic rings. The molecule has 0 radical (unpaired) electrons. The highest BCUT2D eigenvalue weighted by molar-refractivity contribution is 8.00. The lowest BCUT2D eigenvalue weighted by Crippen LogP contribution is -2.50. The summed E-state index contributed by atoms with van der Waals surface area (Å²) in [6.07, 6.45) is 7.92. The second-order valence-corrected chi connectivity index (χ2v) is 9.48. The van der Waals surface area contributed by atoms with Gasteiger partial charge in [-0.25, -0.2) is 0 Å². The summed E-state index contributed by atoms with van der Waals surface area (Å²) in [5.74, 6) is 0.518. The van der Waals surface area contributed by atoms with Crippen LogP contribution in [0.25, 0.3) is 17.1 Å². The standard InChI is InChI=1S/C24H26N6OS/c1-17-9-4-5-11-20(17)30-21(19-10-8-14-26-15-19)28-29-23(30)32-18(2)22(31)27-24(16-25)12-6-3-7-13-24/h4-5,8-11,14-15,18H,3,6-7,12-13H2,1-2H3,(H,27,31). The molecule has 0 aliphatic heterocycles. The summed E-state index contributed by atoms with van der Waals surface area (Å²) in [6, 6.07) is 14.2. The molecular formula is C24H26N6OS. The van der Waals surface area contributed by atoms with E-state index in [0.29, 0.717) is 23.8 Å². The minimum atomic E-state index is -0.755. The number of rotatable bonds is 6. The molecule has 1 atom stereocenters. The van der Waals surface area contributed by atoms with Crippen molar-refractivity contribution in [2.24, 2.45) is 0 Å². The number of carbonyl (C=O) groups excluding carboxylic acids is 1. The number of hydrogen-bond acceptors (Lipinski definition) is 6. The van der Waals surface area contributed by atoms with Crippen LogP contribution in [-0.2, 0) is 4.79 Å². The molecule has 1 N–H and O–H groups in total. The van der Waals surface area contributed by atoms with Crippen molar-refractivity contribution in [3.05, 3.63) is 54.4 Å². The van der Waals surface area contributed by atoms with E-state index in [1.807, 2.05) is 54.8 Å². The van der Waals surface area contributed by atoms with Crippen molar-refractivity contribution in [2.75, 3.05) is 0 Å². The molecule has 0 spiro atoms. The van der Waals surface area contributed by atoms with Crippen LogP contribution in [0.1, 0.15) is 44.6 Å². The highest BCUT2D eigenvalue weighted by atomic mass is 32.2. The number of nitrogens with one attached hydrogen (secondary N) is 1. The van der Waals surface area contributed by atoms with Crippen LogP contribution in [0, 0.1) is 18.3 Å². The van der Waals surface area contributed by atoms with Crippen molar-refractivity contribution in [1.29, 1.82) is 5.26 Å². The Labute approximate surface area is 192 Å². The summed E-state index contributed by atoms with van der Waals surface area (Å²) < 4.78 is 1.97. The summed E-state index contributed by atoms with van der Waals surface area (Å²) in [7, 11) is 0. The third-order valence-corrected chi connectivity index (χ3v) is 6.89. The lowest BCUT2D eigenvalue weighted by molar-refractivity contribution is -0.121. The third kappa shape index (κ3) is 4.53. The number of thioether (sulfide) groups is 1. The zero-order chi connectivity index (χ0) is 22.6. The first-order chi connectivity index (χ1) is 15.5. The van der Waals surface area contributed by atoms with Gasteiger partial charge in [0.2, 0.25) is 5.91 Å². The number of benzene rings is 1. The van der Waals surface area contributed by atoms with Gasteiger partial charge in [-0.15, -0.1) is 10.2 Å². The van der Waals surface area contributed by atoms with Gasteiger partial charge in [0, 0.05) is 18.0 Å². The number of nitrogens with zero attached hydrogens (tertiary/aromatic N) is 5. The Hall–Kier alpha value is -3.18. The molecule has 7 nitrogen and oxygen atoms in total. The summed E-state index contributed by atoms with van der Waals surface area (Å²) >= 11 is 1.34. The van der Waals surface area contributed by atoms with E-state index in [4.69, 9.17) is 0 Å². The Morgan fingerprint density at radius 2 is 1.97 bits per heavy atom. The Morgan fingerprint density at radius 3 is 2.66 bits per heavy atom. The average Bonchev–Trinajstić information content (AvgIpc) is 3.23. The topological polar surface area (TPSA) is 96.5 Å². The van der Waals surface area contributed by atoms with Gasteiger partial charge >= 0.3 is 0 Å². The number of carbonyl (C=O) groups is 1. The second-order valence-electron chi connectivity index (χ2n) is 8.17. The van der Waals surface area contributed by atoms with Gasteiger partial charge in [0.05, 0.1) is 17.0 Å². The Kier molecular flexibility index (Phi) is 6.56. The first kappa shape index (κ1) is 22.0. The minimum Gasteiger partial charge on any atom is -0.337 e. The van der Waals surface area contributed by atoms with E-state index in [1.54, 1.807) is 12.4 Å². The van der Waals surface area contributed by atoms with Gasteiger partial charge in [0.1, 0.15) is 5.54 Å². The monoisotopic (exact) mass is 446 g/mol. The molecule has 1 fully saturated rings. The molecule has 2 heterocycles. The number of nitriles is 1. The van der Waals surface area contributed by atoms with Crippen LogP contribution in [0.4, 0.5) is 0 Å². The van der Waals surface area contributed by atoms with E-state index in [-0.39, 0.29) is 5.91 Å². The van der Waals surface area contributed by atoms with Crippen LogP contribution in [-0.4, -0.2) is 36.4 Å². The SMILES string of the molecule is Cc1ccccc1-n1c(SC(C)C(=O)NC2(C#N)CCCCC2)nnc1-c1cccnc1. The van der Waals surface area contributed by atoms with Crippen molar-refractivity contribution in [3.8, 4) is 23.1 Å². The van der Waals surface area contributed by atoms with E-state index in [9.17, 15) is 10.1 Å². The highest BCUT2D eigenvalue weighted by Crippen LogP contribution is 2.32. The molecule has 1 unspecified atom stereocenters. The molecule has 0 bridgehead atoms. The first-order valence-electron chi connectivity index (χ1n) is 10.8. The summed E-state index contributed by atoms with van der Waals surface area (Å²) in [4.78, 5) is 17.2. The maximum atomic E-state index is 13.0. The van der Waals surface area contributed by atoms with Gasteiger partial charge in [0.15, 0.2) is 11.0 Å². The zero-order valence-corrected chi connectivity index (χ0v) is 19.1. The van der Waals surface area contributed by atoms with Crippen LogP contribution < -0.4 is 5.32 Å². The molecule has 1 amide bonds. The van der Waals surface area contributed by atoms with Crippen LogP contribution in [0.5, 0.6) is 0 Å². The molecule has 1 saturated carbocycles. The molecule has 32 heavy (non-hydrogen) atoms. The number of amides is 1. The maximum Gasteiger partial charge on any atom is 0.234 e. The summed E-state index contributed by atoms with van der Waals surface area (Å²) in [5.41, 5.74) is 2.11. The zero-order valence-electron chi connectivity index (χ0n) is 18.3. The molecule has 2 aromatic heterocycles. The largest absolute Gasteiger partial charge is 0.337 e. The lowest BCUT2D eigenvalue weighted by Gasteiger charge is -2.32. The number of pyridine rings is 1. The molecular weight excluding hydrogens is 420 g/mol. The fourth-order valence-electron chi connectivity index (χ4n) is 4.03. The highest BCUT2D eigenvalue weighted by Gasteiger charge is 2.35. The first-order valence-corrected chi connectivity index (χ1v) is 11.7. The van der Waals surface area contributed by atoms with Crippen LogP contribution >= 0.6 is 11.8 Å². The number of hydrogen-bond donors (Lipinski definition) is 1. The minimum absolute atomic E-state index is 0.152. The van der Waals surface area contributed by atoms with E-state index >= 15 is 0 Å². The predicted molar refractivity (Wildman–Crippen MR) is 124 cm³/mol. The molecule has 1 aromatic carbocycles. The van der Waals surface area contributed by atoms with Crippen LogP contribution in [0.3, 0.4) is 0 Å². The van der Waals surface area contributed by atoms with E-state index in [1.165, 1.54) is 11.8 Å². The van der Waals surface area contributed by atoms with Crippen molar-refractivity contribution < 1.29 is 4.79 Å². The smallest absolute Gasteiger partial charge is 0.234 e. The molecule has 1 aliphatic carbocycles. The van der Waals surface area contributed by atoms with E-state index in [2.05, 4.69) is 26.6 Å². The quantitative estimate of drug-likeness (QED) is 0.562. The molecule has 4 rings (SSSR count). The van der Waals surface area contributed by atoms with E-state index < -0.39 is 10.8 Å². The van der Waals surface area contributed by atoms with Crippen molar-refractivity contribution in [3.63, 3.8) is 0 Å². The van der Waals surface area contributed by atoms with Gasteiger partial charge in [-0.3, -0.25) is 14.3 Å². The lowest BCUT2D eigenvalue weighted by atomic mass is 9.83. The molecule has 164 valence electrons. The Bertz CT molecular complexity index is 1130. The van der Waals surface area contributed by atoms with Gasteiger partial charge < -0.3 is 5.32 Å². The van der Waals surface area contributed by atoms with Crippen LogP contribution in [0.15, 0.2) is 53.9 Å². The molecule has 8 heteroatoms. The van der Waals surface area contributed by atoms with Gasteiger partial charge in [-0.2, -0.15) is 5.26 Å². The number of aromatic nitrogens is 4. The average molecular weight is 447 g/mol. The van der Waals surface area contributed by atoms with Crippen molar-refractivity contribution in [2.45, 2.75) is 61.9 Å². The maximum absolute atomic E-state index is 13.0. The molecule has 0 saturated heterocycles. The Balaban J connectivity index is 1.64. The fourth-order valence-corrected chi connectivity index (χ4v) is 4.89. The van der Waals surface area contributed by atoms with Gasteiger partial charge in [0.25, 0.3) is 0 Å². The van der Waals surface area contributed by atoms with E-state index in [0.717, 1.165) is 36.1 Å². The fraction of sp³-hybridized carbons (Fsp3) is 0.375. The van der Waals surface area contributed by atoms with Gasteiger partial charge in [-0.1, -0.05) is 49.2 Å². The third-order valence-electron chi connectivity index (χ3n) is 5.84. The predicted octanol–water partition coefficient (Wildman–Crippen LogP) is 4.46. The van der Waals surface area contributed by atoms with Crippen molar-refractivity contribution >= 4 is 17.7 Å². The Morgan fingerprint density at radius 1 is 1.19 bits per heavy atom. The normalized spacial score (nSPS) is 16.2. The van der Waals surface area contributed by atoms with Crippen molar-refractivity contribution in [1.82, 2.24) is 25.1 Å². The molecule has 1 aliphatic rings. The second kappa shape index (κ2) is 9.53. The summed E-state index contributed by atoms with van der Waals surface area (Å²) in [5, 5.41) is 21.8. The van der Waals surface area contributed by atoms with Crippen LogP contribution in [0.2, 0.25) is 0 Å². The van der Waals surface area contributed by atoms with Gasteiger partial charge in [-0.05, 0) is 50.5 Å². The summed E-state index contributed by atoms with van der Waals surface area (Å²) in [6.45, 7) is 3.88.